The molecule has 0 N–H and O–H groups in total. The normalized spacial score (nSPS) is 10.5. The van der Waals surface area contributed by atoms with E-state index >= 15 is 0 Å². The Labute approximate surface area is 157 Å². The molecule has 132 valence electrons. The Morgan fingerprint density at radius 3 is 2.58 bits per heavy atom. The molecule has 3 aromatic rings. The molecule has 0 saturated heterocycles. The van der Waals surface area contributed by atoms with Crippen molar-refractivity contribution in [3.63, 3.8) is 0 Å². The monoisotopic (exact) mass is 386 g/mol. The van der Waals surface area contributed by atoms with Gasteiger partial charge in [0.2, 0.25) is 0 Å². The van der Waals surface area contributed by atoms with Crippen LogP contribution >= 0.6 is 22.7 Å². The van der Waals surface area contributed by atoms with Gasteiger partial charge in [-0.2, -0.15) is 0 Å². The standard InChI is InChI=1S/C17H14N4O3S2/c1-3-8-20(16(22)15-10-25-11(2)18-15)17-19-14(9-26-17)12-4-6-13(7-5-12)21(23)24/h3-7,9-10H,1,8H2,2H3. The number of non-ortho nitro benzene ring substituents is 1. The summed E-state index contributed by atoms with van der Waals surface area (Å²) >= 11 is 2.73. The van der Waals surface area contributed by atoms with Crippen LogP contribution in [0.25, 0.3) is 11.3 Å². The van der Waals surface area contributed by atoms with Crippen LogP contribution in [0.3, 0.4) is 0 Å². The molecule has 1 aromatic carbocycles. The highest BCUT2D eigenvalue weighted by Gasteiger charge is 2.22. The highest BCUT2D eigenvalue weighted by atomic mass is 32.1. The smallest absolute Gasteiger partial charge is 0.279 e. The molecule has 0 bridgehead atoms. The maximum Gasteiger partial charge on any atom is 0.279 e. The Kier molecular flexibility index (Phi) is 5.19. The van der Waals surface area contributed by atoms with E-state index in [1.165, 1.54) is 39.7 Å². The number of carbonyl (C=O) groups excluding carboxylic acids is 1. The van der Waals surface area contributed by atoms with E-state index in [1.54, 1.807) is 23.6 Å². The molecule has 3 rings (SSSR count). The minimum absolute atomic E-state index is 0.0200. The van der Waals surface area contributed by atoms with Crippen molar-refractivity contribution in [1.29, 1.82) is 0 Å². The molecule has 2 heterocycles. The number of anilines is 1. The summed E-state index contributed by atoms with van der Waals surface area (Å²) in [6, 6.07) is 6.14. The molecule has 1 amide bonds. The van der Waals surface area contributed by atoms with E-state index in [1.807, 2.05) is 12.3 Å². The van der Waals surface area contributed by atoms with Gasteiger partial charge in [-0.05, 0) is 19.1 Å². The molecule has 0 aliphatic heterocycles. The van der Waals surface area contributed by atoms with Crippen molar-refractivity contribution in [3.05, 3.63) is 68.5 Å². The molecule has 0 radical (unpaired) electrons. The van der Waals surface area contributed by atoms with Crippen molar-refractivity contribution in [2.24, 2.45) is 0 Å². The van der Waals surface area contributed by atoms with Gasteiger partial charge in [-0.25, -0.2) is 9.97 Å². The number of nitrogens with zero attached hydrogens (tertiary/aromatic N) is 4. The number of benzene rings is 1. The van der Waals surface area contributed by atoms with E-state index < -0.39 is 4.92 Å². The molecular weight excluding hydrogens is 372 g/mol. The molecule has 2 aromatic heterocycles. The lowest BCUT2D eigenvalue weighted by Gasteiger charge is -2.16. The summed E-state index contributed by atoms with van der Waals surface area (Å²) in [6.07, 6.45) is 1.63. The van der Waals surface area contributed by atoms with Crippen LogP contribution in [0.15, 0.2) is 47.7 Å². The number of carbonyl (C=O) groups is 1. The lowest BCUT2D eigenvalue weighted by atomic mass is 10.1. The van der Waals surface area contributed by atoms with Gasteiger partial charge in [-0.15, -0.1) is 29.3 Å². The van der Waals surface area contributed by atoms with Gasteiger partial charge in [0.05, 0.1) is 15.6 Å². The molecule has 7 nitrogen and oxygen atoms in total. The van der Waals surface area contributed by atoms with Gasteiger partial charge in [-0.1, -0.05) is 6.08 Å². The second kappa shape index (κ2) is 7.54. The van der Waals surface area contributed by atoms with Crippen LogP contribution in [0.4, 0.5) is 10.8 Å². The lowest BCUT2D eigenvalue weighted by Crippen LogP contribution is -2.31. The van der Waals surface area contributed by atoms with Gasteiger partial charge in [0.25, 0.3) is 11.6 Å². The summed E-state index contributed by atoms with van der Waals surface area (Å²) < 4.78 is 0. The SMILES string of the molecule is C=CCN(C(=O)c1csc(C)n1)c1nc(-c2ccc([N+](=O)[O-])cc2)cs1. The zero-order valence-corrected chi connectivity index (χ0v) is 15.4. The molecule has 0 atom stereocenters. The first-order valence-electron chi connectivity index (χ1n) is 7.55. The first-order chi connectivity index (χ1) is 12.5. The quantitative estimate of drug-likeness (QED) is 0.358. The minimum atomic E-state index is -0.448. The average molecular weight is 386 g/mol. The first-order valence-corrected chi connectivity index (χ1v) is 9.30. The molecule has 26 heavy (non-hydrogen) atoms. The third-order valence-electron chi connectivity index (χ3n) is 3.49. The van der Waals surface area contributed by atoms with Gasteiger partial charge in [0.15, 0.2) is 5.13 Å². The van der Waals surface area contributed by atoms with Crippen LogP contribution in [-0.2, 0) is 0 Å². The van der Waals surface area contributed by atoms with Crippen molar-refractivity contribution >= 4 is 39.4 Å². The van der Waals surface area contributed by atoms with E-state index in [9.17, 15) is 14.9 Å². The van der Waals surface area contributed by atoms with E-state index in [-0.39, 0.29) is 11.6 Å². The molecule has 0 unspecified atom stereocenters. The Hall–Kier alpha value is -2.91. The fraction of sp³-hybridized carbons (Fsp3) is 0.118. The van der Waals surface area contributed by atoms with Gasteiger partial charge in [-0.3, -0.25) is 19.8 Å². The van der Waals surface area contributed by atoms with E-state index in [0.717, 1.165) is 10.6 Å². The van der Waals surface area contributed by atoms with Crippen molar-refractivity contribution in [1.82, 2.24) is 9.97 Å². The highest BCUT2D eigenvalue weighted by molar-refractivity contribution is 7.14. The van der Waals surface area contributed by atoms with Crippen LogP contribution in [0.2, 0.25) is 0 Å². The van der Waals surface area contributed by atoms with E-state index in [0.29, 0.717) is 23.1 Å². The summed E-state index contributed by atoms with van der Waals surface area (Å²) in [5.74, 6) is -0.237. The van der Waals surface area contributed by atoms with Gasteiger partial charge in [0.1, 0.15) is 5.69 Å². The van der Waals surface area contributed by atoms with Crippen LogP contribution < -0.4 is 4.90 Å². The molecule has 0 aliphatic carbocycles. The first kappa shape index (κ1) is 17.9. The average Bonchev–Trinajstić information content (AvgIpc) is 3.28. The molecular formula is C17H14N4O3S2. The summed E-state index contributed by atoms with van der Waals surface area (Å²) in [7, 11) is 0. The highest BCUT2D eigenvalue weighted by Crippen LogP contribution is 2.29. The molecule has 9 heteroatoms. The Bertz CT molecular complexity index is 963. The number of hydrogen-bond donors (Lipinski definition) is 0. The summed E-state index contributed by atoms with van der Waals surface area (Å²) in [6.45, 7) is 5.85. The zero-order valence-electron chi connectivity index (χ0n) is 13.8. The largest absolute Gasteiger partial charge is 0.279 e. The third kappa shape index (κ3) is 3.68. The van der Waals surface area contributed by atoms with Gasteiger partial charge >= 0.3 is 0 Å². The Morgan fingerprint density at radius 1 is 1.27 bits per heavy atom. The lowest BCUT2D eigenvalue weighted by molar-refractivity contribution is -0.384. The maximum atomic E-state index is 12.7. The fourth-order valence-corrected chi connectivity index (χ4v) is 3.68. The van der Waals surface area contributed by atoms with E-state index in [4.69, 9.17) is 0 Å². The third-order valence-corrected chi connectivity index (χ3v) is 5.13. The molecule has 0 fully saturated rings. The van der Waals surface area contributed by atoms with Crippen LogP contribution in [0, 0.1) is 17.0 Å². The number of thiazole rings is 2. The molecule has 0 saturated carbocycles. The van der Waals surface area contributed by atoms with E-state index in [2.05, 4.69) is 16.5 Å². The number of amides is 1. The summed E-state index contributed by atoms with van der Waals surface area (Å²) in [5, 5.41) is 15.6. The second-order valence-electron chi connectivity index (χ2n) is 5.28. The van der Waals surface area contributed by atoms with Crippen molar-refractivity contribution in [3.8, 4) is 11.3 Å². The van der Waals surface area contributed by atoms with Crippen molar-refractivity contribution in [2.45, 2.75) is 6.92 Å². The minimum Gasteiger partial charge on any atom is -0.279 e. The maximum absolute atomic E-state index is 12.7. The van der Waals surface area contributed by atoms with Crippen LogP contribution in [0.5, 0.6) is 0 Å². The van der Waals surface area contributed by atoms with Crippen LogP contribution in [-0.4, -0.2) is 27.3 Å². The number of aromatic nitrogens is 2. The summed E-state index contributed by atoms with van der Waals surface area (Å²) in [5.41, 5.74) is 1.79. The number of rotatable bonds is 6. The predicted molar refractivity (Wildman–Crippen MR) is 103 cm³/mol. The Balaban J connectivity index is 1.88. The number of aryl methyl sites for hydroxylation is 1. The number of hydrogen-bond acceptors (Lipinski definition) is 7. The fourth-order valence-electron chi connectivity index (χ4n) is 2.25. The van der Waals surface area contributed by atoms with Crippen LogP contribution in [0.1, 0.15) is 15.5 Å². The Morgan fingerprint density at radius 2 is 2.00 bits per heavy atom. The summed E-state index contributed by atoms with van der Waals surface area (Å²) in [4.78, 5) is 33.3. The van der Waals surface area contributed by atoms with Gasteiger partial charge < -0.3 is 0 Å². The second-order valence-corrected chi connectivity index (χ2v) is 7.17. The number of nitro groups is 1. The molecule has 0 aliphatic rings. The zero-order chi connectivity index (χ0) is 18.7. The number of nitro benzene ring substituents is 1. The van der Waals surface area contributed by atoms with Gasteiger partial charge in [0, 0.05) is 35.0 Å². The van der Waals surface area contributed by atoms with Crippen molar-refractivity contribution < 1.29 is 9.72 Å². The topological polar surface area (TPSA) is 89.2 Å². The van der Waals surface area contributed by atoms with Crippen molar-refractivity contribution in [2.75, 3.05) is 11.4 Å². The molecule has 0 spiro atoms. The predicted octanol–water partition coefficient (Wildman–Crippen LogP) is 4.32.